The topological polar surface area (TPSA) is 40.6 Å². The second kappa shape index (κ2) is 15.3. The van der Waals surface area contributed by atoms with Gasteiger partial charge in [0.15, 0.2) is 0 Å². The Morgan fingerprint density at radius 1 is 0.660 bits per heavy atom. The van der Waals surface area contributed by atoms with Crippen LogP contribution in [0.2, 0.25) is 8.67 Å². The smallest absolute Gasteiger partial charge is 0.333 e. The van der Waals surface area contributed by atoms with Gasteiger partial charge in [-0.2, -0.15) is 26.3 Å². The van der Waals surface area contributed by atoms with Gasteiger partial charge in [0.2, 0.25) is 11.8 Å². The first-order valence-electron chi connectivity index (χ1n) is 15.3. The molecule has 0 aliphatic carbocycles. The summed E-state index contributed by atoms with van der Waals surface area (Å²) in [5.74, 6) is -1.49. The van der Waals surface area contributed by atoms with E-state index in [1.807, 2.05) is 74.5 Å². The fraction of sp³-hybridized carbons (Fsp3) is 0.278. The van der Waals surface area contributed by atoms with Gasteiger partial charge >= 0.3 is 12.4 Å². The second-order valence-corrected chi connectivity index (χ2v) is 15.4. The third-order valence-electron chi connectivity index (χ3n) is 8.43. The van der Waals surface area contributed by atoms with Crippen LogP contribution >= 0.6 is 45.9 Å². The average Bonchev–Trinajstić information content (AvgIpc) is 3.62. The number of amides is 2. The van der Waals surface area contributed by atoms with Crippen molar-refractivity contribution in [3.8, 4) is 0 Å². The summed E-state index contributed by atoms with van der Waals surface area (Å²) in [6.07, 6.45) is -7.86. The lowest BCUT2D eigenvalue weighted by Crippen LogP contribution is -2.37. The van der Waals surface area contributed by atoms with Gasteiger partial charge in [0.25, 0.3) is 0 Å². The highest BCUT2D eigenvalue weighted by atomic mass is 35.5. The van der Waals surface area contributed by atoms with E-state index in [2.05, 4.69) is 0 Å². The fourth-order valence-electron chi connectivity index (χ4n) is 6.13. The van der Waals surface area contributed by atoms with E-state index in [0.29, 0.717) is 33.9 Å². The number of halogens is 8. The first kappa shape index (κ1) is 37.7. The van der Waals surface area contributed by atoms with Crippen LogP contribution in [0.1, 0.15) is 55.0 Å². The van der Waals surface area contributed by atoms with Crippen LogP contribution in [0.3, 0.4) is 0 Å². The van der Waals surface area contributed by atoms with Crippen molar-refractivity contribution in [2.75, 3.05) is 13.1 Å². The standard InChI is InChI=1S/2C18H15ClF3NOS/c2*1-11-4-2-3-5-12(11)14-9-23(17(24)6-7-18(20,21)22)10-15-13(14)8-16(19)25-15/h2*2-8,14H,9-10H2,1H3/b2*7-6+/t2*14-/m10/s1. The molecule has 0 saturated carbocycles. The van der Waals surface area contributed by atoms with E-state index in [1.54, 1.807) is 0 Å². The average molecular weight is 772 g/mol. The molecule has 0 bridgehead atoms. The van der Waals surface area contributed by atoms with Crippen molar-refractivity contribution in [2.45, 2.75) is 51.1 Å². The highest BCUT2D eigenvalue weighted by Crippen LogP contribution is 2.42. The third-order valence-corrected chi connectivity index (χ3v) is 11.0. The summed E-state index contributed by atoms with van der Waals surface area (Å²) in [7, 11) is 0. The number of alkyl halides is 6. The van der Waals surface area contributed by atoms with Gasteiger partial charge in [-0.1, -0.05) is 71.7 Å². The van der Waals surface area contributed by atoms with Gasteiger partial charge < -0.3 is 9.80 Å². The number of carbonyl (C=O) groups excluding carboxylic acids is 2. The van der Waals surface area contributed by atoms with Crippen molar-refractivity contribution < 1.29 is 35.9 Å². The summed E-state index contributed by atoms with van der Waals surface area (Å²) in [6.45, 7) is 5.16. The highest BCUT2D eigenvalue weighted by molar-refractivity contribution is 7.16. The minimum Gasteiger partial charge on any atom is -0.333 e. The molecule has 0 spiro atoms. The third kappa shape index (κ3) is 9.39. The summed E-state index contributed by atoms with van der Waals surface area (Å²) in [5.41, 5.74) is 6.34. The summed E-state index contributed by atoms with van der Waals surface area (Å²) >= 11 is 15.0. The van der Waals surface area contributed by atoms with Crippen LogP contribution in [-0.4, -0.2) is 47.1 Å². The SMILES string of the molecule is Cc1ccccc1[C@@H]1CN(C(=O)/C=C/C(F)(F)F)Cc2sc(Cl)cc21.Cc1ccccc1[C@H]1CN(C(=O)/C=C/C(F)(F)F)Cc2sc(Cl)cc21. The first-order valence-corrected chi connectivity index (χ1v) is 17.6. The van der Waals surface area contributed by atoms with Crippen LogP contribution in [0.15, 0.2) is 85.0 Å². The molecule has 2 atom stereocenters. The molecule has 0 fully saturated rings. The van der Waals surface area contributed by atoms with Crippen molar-refractivity contribution in [2.24, 2.45) is 0 Å². The van der Waals surface area contributed by atoms with Gasteiger partial charge in [0.1, 0.15) is 0 Å². The maximum atomic E-state index is 12.3. The van der Waals surface area contributed by atoms with Crippen LogP contribution in [-0.2, 0) is 22.7 Å². The quantitative estimate of drug-likeness (QED) is 0.153. The molecule has 0 saturated heterocycles. The predicted molar refractivity (Wildman–Crippen MR) is 186 cm³/mol. The molecular weight excluding hydrogens is 741 g/mol. The molecule has 264 valence electrons. The zero-order chi connectivity index (χ0) is 36.4. The van der Waals surface area contributed by atoms with Gasteiger partial charge in [0, 0.05) is 59.0 Å². The fourth-order valence-corrected chi connectivity index (χ4v) is 8.85. The van der Waals surface area contributed by atoms with E-state index in [4.69, 9.17) is 23.2 Å². The number of nitrogens with zero attached hydrogens (tertiary/aromatic N) is 2. The Labute approximate surface area is 303 Å². The zero-order valence-corrected chi connectivity index (χ0v) is 29.8. The van der Waals surface area contributed by atoms with Crippen LogP contribution in [0.25, 0.3) is 0 Å². The minimum atomic E-state index is -4.50. The molecule has 2 aromatic heterocycles. The van der Waals surface area contributed by atoms with Crippen molar-refractivity contribution in [1.29, 1.82) is 0 Å². The lowest BCUT2D eigenvalue weighted by atomic mass is 9.86. The lowest BCUT2D eigenvalue weighted by Gasteiger charge is -2.33. The summed E-state index contributed by atoms with van der Waals surface area (Å²) < 4.78 is 75.3. The number of hydrogen-bond acceptors (Lipinski definition) is 4. The molecule has 2 aliphatic heterocycles. The largest absolute Gasteiger partial charge is 0.409 e. The molecule has 2 aromatic carbocycles. The van der Waals surface area contributed by atoms with E-state index in [0.717, 1.165) is 43.1 Å². The van der Waals surface area contributed by atoms with Gasteiger partial charge in [-0.3, -0.25) is 9.59 Å². The Balaban J connectivity index is 0.000000194. The zero-order valence-electron chi connectivity index (χ0n) is 26.6. The number of fused-ring (bicyclic) bond motifs is 2. The van der Waals surface area contributed by atoms with Crippen molar-refractivity contribution in [3.05, 3.63) is 137 Å². The summed E-state index contributed by atoms with van der Waals surface area (Å²) in [4.78, 5) is 29.2. The maximum Gasteiger partial charge on any atom is 0.409 e. The molecule has 4 heterocycles. The van der Waals surface area contributed by atoms with Crippen LogP contribution < -0.4 is 0 Å². The van der Waals surface area contributed by atoms with Crippen LogP contribution in [0.5, 0.6) is 0 Å². The normalized spacial score (nSPS) is 17.8. The molecule has 14 heteroatoms. The van der Waals surface area contributed by atoms with Crippen molar-refractivity contribution in [1.82, 2.24) is 9.80 Å². The summed E-state index contributed by atoms with van der Waals surface area (Å²) in [6, 6.07) is 19.4. The minimum absolute atomic E-state index is 0.0188. The van der Waals surface area contributed by atoms with Crippen molar-refractivity contribution >= 4 is 57.7 Å². The Kier molecular flexibility index (Phi) is 11.6. The number of benzene rings is 2. The molecule has 0 radical (unpaired) electrons. The number of thiophene rings is 2. The molecule has 6 rings (SSSR count). The first-order chi connectivity index (χ1) is 23.5. The number of carbonyl (C=O) groups is 2. The molecular formula is C36H30Cl2F6N2O2S2. The monoisotopic (exact) mass is 770 g/mol. The molecule has 0 N–H and O–H groups in total. The Morgan fingerprint density at radius 3 is 1.36 bits per heavy atom. The second-order valence-electron chi connectivity index (χ2n) is 11.9. The van der Waals surface area contributed by atoms with E-state index in [-0.39, 0.29) is 37.1 Å². The van der Waals surface area contributed by atoms with E-state index in [1.165, 1.54) is 32.5 Å². The van der Waals surface area contributed by atoms with Gasteiger partial charge in [0.05, 0.1) is 21.8 Å². The lowest BCUT2D eigenvalue weighted by molar-refractivity contribution is -0.128. The Hall–Kier alpha value is -3.58. The van der Waals surface area contributed by atoms with Crippen LogP contribution in [0, 0.1) is 13.8 Å². The number of rotatable bonds is 4. The van der Waals surface area contributed by atoms with Gasteiger partial charge in [-0.05, 0) is 59.4 Å². The van der Waals surface area contributed by atoms with Gasteiger partial charge in [-0.15, -0.1) is 22.7 Å². The van der Waals surface area contributed by atoms with Crippen LogP contribution in [0.4, 0.5) is 26.3 Å². The summed E-state index contributed by atoms with van der Waals surface area (Å²) in [5, 5.41) is 0. The van der Waals surface area contributed by atoms with E-state index >= 15 is 0 Å². The van der Waals surface area contributed by atoms with Gasteiger partial charge in [-0.25, -0.2) is 0 Å². The molecule has 4 aromatic rings. The molecule has 2 aliphatic rings. The molecule has 4 nitrogen and oxygen atoms in total. The highest BCUT2D eigenvalue weighted by Gasteiger charge is 2.33. The molecule has 50 heavy (non-hydrogen) atoms. The van der Waals surface area contributed by atoms with E-state index < -0.39 is 24.2 Å². The van der Waals surface area contributed by atoms with E-state index in [9.17, 15) is 35.9 Å². The number of hydrogen-bond donors (Lipinski definition) is 0. The maximum absolute atomic E-state index is 12.3. The predicted octanol–water partition coefficient (Wildman–Crippen LogP) is 10.6. The Morgan fingerprint density at radius 2 is 1.02 bits per heavy atom. The number of aryl methyl sites for hydroxylation is 2. The van der Waals surface area contributed by atoms with Crippen molar-refractivity contribution in [3.63, 3.8) is 0 Å². The molecule has 2 amide bonds. The molecule has 0 unspecified atom stereocenters. The number of allylic oxidation sites excluding steroid dienone is 2. The Bertz CT molecular complexity index is 1790.